The Morgan fingerprint density at radius 3 is 2.56 bits per heavy atom. The molecular weight excluding hydrogens is 233 g/mol. The van der Waals surface area contributed by atoms with Crippen molar-refractivity contribution in [2.75, 3.05) is 11.9 Å². The number of benzene rings is 2. The Hall–Kier alpha value is -2.36. The summed E-state index contributed by atoms with van der Waals surface area (Å²) in [6, 6.07) is 11.8. The first kappa shape index (κ1) is 12.1. The largest absolute Gasteiger partial charge is 0.508 e. The standard InChI is InChI=1S/C14H12FNO2/c1-16(12-6-3-7-13(17)9-12)14(18)10-4-2-5-11(15)8-10/h2-9,17H,1H3. The van der Waals surface area contributed by atoms with E-state index in [-0.39, 0.29) is 17.2 Å². The maximum absolute atomic E-state index is 13.0. The van der Waals surface area contributed by atoms with Crippen molar-refractivity contribution < 1.29 is 14.3 Å². The van der Waals surface area contributed by atoms with E-state index in [2.05, 4.69) is 0 Å². The molecule has 0 bridgehead atoms. The predicted molar refractivity (Wildman–Crippen MR) is 67.2 cm³/mol. The fraction of sp³-hybridized carbons (Fsp3) is 0.0714. The minimum Gasteiger partial charge on any atom is -0.508 e. The molecule has 0 radical (unpaired) electrons. The van der Waals surface area contributed by atoms with Gasteiger partial charge in [-0.15, -0.1) is 0 Å². The van der Waals surface area contributed by atoms with Gasteiger partial charge in [-0.3, -0.25) is 4.79 Å². The number of hydrogen-bond acceptors (Lipinski definition) is 2. The van der Waals surface area contributed by atoms with Crippen molar-refractivity contribution in [3.8, 4) is 5.75 Å². The molecule has 92 valence electrons. The lowest BCUT2D eigenvalue weighted by atomic mass is 10.2. The van der Waals surface area contributed by atoms with Gasteiger partial charge in [0.05, 0.1) is 0 Å². The summed E-state index contributed by atoms with van der Waals surface area (Å²) >= 11 is 0. The highest BCUT2D eigenvalue weighted by molar-refractivity contribution is 6.05. The molecule has 0 atom stereocenters. The van der Waals surface area contributed by atoms with E-state index < -0.39 is 5.82 Å². The zero-order chi connectivity index (χ0) is 13.1. The van der Waals surface area contributed by atoms with Crippen LogP contribution in [0.5, 0.6) is 5.75 Å². The van der Waals surface area contributed by atoms with E-state index >= 15 is 0 Å². The fourth-order valence-corrected chi connectivity index (χ4v) is 1.63. The van der Waals surface area contributed by atoms with Crippen LogP contribution >= 0.6 is 0 Å². The lowest BCUT2D eigenvalue weighted by Crippen LogP contribution is -2.26. The van der Waals surface area contributed by atoms with Crippen LogP contribution in [0.3, 0.4) is 0 Å². The van der Waals surface area contributed by atoms with Gasteiger partial charge in [-0.25, -0.2) is 4.39 Å². The monoisotopic (exact) mass is 245 g/mol. The first-order valence-corrected chi connectivity index (χ1v) is 5.40. The summed E-state index contributed by atoms with van der Waals surface area (Å²) in [5.41, 5.74) is 0.810. The van der Waals surface area contributed by atoms with Crippen LogP contribution in [-0.2, 0) is 0 Å². The average Bonchev–Trinajstić information content (AvgIpc) is 2.37. The topological polar surface area (TPSA) is 40.5 Å². The molecular formula is C14H12FNO2. The first-order chi connectivity index (χ1) is 8.58. The molecule has 2 aromatic rings. The van der Waals surface area contributed by atoms with Gasteiger partial charge in [0.25, 0.3) is 5.91 Å². The molecule has 1 N–H and O–H groups in total. The minimum atomic E-state index is -0.454. The predicted octanol–water partition coefficient (Wildman–Crippen LogP) is 2.81. The highest BCUT2D eigenvalue weighted by Crippen LogP contribution is 2.20. The molecule has 3 nitrogen and oxygen atoms in total. The van der Waals surface area contributed by atoms with Gasteiger partial charge >= 0.3 is 0 Å². The summed E-state index contributed by atoms with van der Waals surface area (Å²) < 4.78 is 13.0. The Bertz CT molecular complexity index is 584. The number of phenols is 1. The molecule has 0 aromatic heterocycles. The summed E-state index contributed by atoms with van der Waals surface area (Å²) in [4.78, 5) is 13.4. The van der Waals surface area contributed by atoms with Gasteiger partial charge in [0.2, 0.25) is 0 Å². The van der Waals surface area contributed by atoms with E-state index in [0.29, 0.717) is 5.69 Å². The third kappa shape index (κ3) is 2.48. The highest BCUT2D eigenvalue weighted by Gasteiger charge is 2.14. The SMILES string of the molecule is CN(C(=O)c1cccc(F)c1)c1cccc(O)c1. The quantitative estimate of drug-likeness (QED) is 0.883. The van der Waals surface area contributed by atoms with Crippen LogP contribution in [0, 0.1) is 5.82 Å². The molecule has 2 rings (SSSR count). The molecule has 18 heavy (non-hydrogen) atoms. The van der Waals surface area contributed by atoms with E-state index in [9.17, 15) is 14.3 Å². The van der Waals surface area contributed by atoms with Gasteiger partial charge in [0, 0.05) is 24.4 Å². The molecule has 0 saturated carbocycles. The number of carbonyl (C=O) groups is 1. The van der Waals surface area contributed by atoms with Crippen LogP contribution in [0.25, 0.3) is 0 Å². The Balaban J connectivity index is 2.29. The Kier molecular flexibility index (Phi) is 3.28. The maximum Gasteiger partial charge on any atom is 0.258 e. The van der Waals surface area contributed by atoms with Crippen molar-refractivity contribution in [1.29, 1.82) is 0 Å². The van der Waals surface area contributed by atoms with Crippen molar-refractivity contribution in [2.45, 2.75) is 0 Å². The Morgan fingerprint density at radius 1 is 1.17 bits per heavy atom. The van der Waals surface area contributed by atoms with Crippen LogP contribution in [0.4, 0.5) is 10.1 Å². The van der Waals surface area contributed by atoms with Crippen molar-refractivity contribution in [3.63, 3.8) is 0 Å². The summed E-state index contributed by atoms with van der Waals surface area (Å²) in [5, 5.41) is 9.36. The maximum atomic E-state index is 13.0. The van der Waals surface area contributed by atoms with Gasteiger partial charge in [-0.1, -0.05) is 12.1 Å². The van der Waals surface area contributed by atoms with Gasteiger partial charge in [0.15, 0.2) is 0 Å². The van der Waals surface area contributed by atoms with Crippen molar-refractivity contribution >= 4 is 11.6 Å². The number of aromatic hydroxyl groups is 1. The summed E-state index contributed by atoms with van der Waals surface area (Å²) in [7, 11) is 1.57. The van der Waals surface area contributed by atoms with Crippen LogP contribution in [0.15, 0.2) is 48.5 Å². The van der Waals surface area contributed by atoms with Crippen LogP contribution in [0.1, 0.15) is 10.4 Å². The second kappa shape index (κ2) is 4.87. The van der Waals surface area contributed by atoms with E-state index in [0.717, 1.165) is 0 Å². The van der Waals surface area contributed by atoms with Gasteiger partial charge in [-0.05, 0) is 30.3 Å². The molecule has 0 unspecified atom stereocenters. The summed E-state index contributed by atoms with van der Waals surface area (Å²) in [5.74, 6) is -0.711. The zero-order valence-corrected chi connectivity index (χ0v) is 9.80. The second-order valence-electron chi connectivity index (χ2n) is 3.89. The molecule has 4 heteroatoms. The molecule has 0 fully saturated rings. The van der Waals surface area contributed by atoms with Crippen molar-refractivity contribution in [1.82, 2.24) is 0 Å². The number of amides is 1. The molecule has 1 amide bonds. The number of anilines is 1. The van der Waals surface area contributed by atoms with Gasteiger partial charge < -0.3 is 10.0 Å². The molecule has 0 aliphatic heterocycles. The first-order valence-electron chi connectivity index (χ1n) is 5.40. The Morgan fingerprint density at radius 2 is 1.89 bits per heavy atom. The molecule has 2 aromatic carbocycles. The van der Waals surface area contributed by atoms with Crippen molar-refractivity contribution in [3.05, 3.63) is 59.9 Å². The summed E-state index contributed by atoms with van der Waals surface area (Å²) in [6.45, 7) is 0. The van der Waals surface area contributed by atoms with E-state index in [4.69, 9.17) is 0 Å². The number of rotatable bonds is 2. The average molecular weight is 245 g/mol. The van der Waals surface area contributed by atoms with Gasteiger partial charge in [0.1, 0.15) is 11.6 Å². The molecule has 0 aliphatic carbocycles. The number of hydrogen-bond donors (Lipinski definition) is 1. The van der Waals surface area contributed by atoms with Crippen LogP contribution in [0.2, 0.25) is 0 Å². The number of nitrogens with zero attached hydrogens (tertiary/aromatic N) is 1. The minimum absolute atomic E-state index is 0.0754. The third-order valence-electron chi connectivity index (χ3n) is 2.59. The zero-order valence-electron chi connectivity index (χ0n) is 9.80. The van der Waals surface area contributed by atoms with Gasteiger partial charge in [-0.2, -0.15) is 0 Å². The van der Waals surface area contributed by atoms with Crippen molar-refractivity contribution in [2.24, 2.45) is 0 Å². The normalized spacial score (nSPS) is 10.1. The van der Waals surface area contributed by atoms with E-state index in [1.54, 1.807) is 25.2 Å². The van der Waals surface area contributed by atoms with Crippen LogP contribution < -0.4 is 4.90 Å². The van der Waals surface area contributed by atoms with Crippen LogP contribution in [-0.4, -0.2) is 18.1 Å². The molecule has 0 saturated heterocycles. The number of halogens is 1. The molecule has 0 heterocycles. The smallest absolute Gasteiger partial charge is 0.258 e. The van der Waals surface area contributed by atoms with E-state index in [1.165, 1.54) is 35.2 Å². The summed E-state index contributed by atoms with van der Waals surface area (Å²) in [6.07, 6.45) is 0. The third-order valence-corrected chi connectivity index (χ3v) is 2.59. The number of phenolic OH excluding ortho intramolecular Hbond substituents is 1. The lowest BCUT2D eigenvalue weighted by molar-refractivity contribution is 0.0992. The Labute approximate surface area is 104 Å². The van der Waals surface area contributed by atoms with E-state index in [1.807, 2.05) is 0 Å². The highest BCUT2D eigenvalue weighted by atomic mass is 19.1. The second-order valence-corrected chi connectivity index (χ2v) is 3.89. The molecule has 0 aliphatic rings. The fourth-order valence-electron chi connectivity index (χ4n) is 1.63. The lowest BCUT2D eigenvalue weighted by Gasteiger charge is -2.17. The molecule has 0 spiro atoms. The number of carbonyl (C=O) groups excluding carboxylic acids is 1.